The molecular formula is C25H26N4O4S2. The van der Waals surface area contributed by atoms with Crippen LogP contribution in [0.15, 0.2) is 68.5 Å². The summed E-state index contributed by atoms with van der Waals surface area (Å²) >= 11 is 0. The van der Waals surface area contributed by atoms with Crippen molar-refractivity contribution in [2.75, 3.05) is 0 Å². The zero-order valence-corrected chi connectivity index (χ0v) is 20.9. The molecule has 8 unspecified atom stereocenters. The number of rotatable bonds is 6. The lowest BCUT2D eigenvalue weighted by Crippen LogP contribution is -2.49. The third-order valence-corrected chi connectivity index (χ3v) is 11.6. The topological polar surface area (TPSA) is 117 Å². The molecule has 5 fully saturated rings. The first-order valence-corrected chi connectivity index (χ1v) is 15.0. The van der Waals surface area contributed by atoms with Crippen LogP contribution in [0.4, 0.5) is 0 Å². The predicted octanol–water partition coefficient (Wildman–Crippen LogP) is 2.66. The number of fused-ring (bicyclic) bond motifs is 2. The Bertz CT molecular complexity index is 1390. The van der Waals surface area contributed by atoms with Crippen LogP contribution >= 0.6 is 0 Å². The van der Waals surface area contributed by atoms with Crippen molar-refractivity contribution in [2.24, 2.45) is 57.5 Å². The van der Waals surface area contributed by atoms with Crippen LogP contribution in [0.2, 0.25) is 0 Å². The highest BCUT2D eigenvalue weighted by Crippen LogP contribution is 2.80. The van der Waals surface area contributed by atoms with Crippen molar-refractivity contribution in [3.05, 3.63) is 59.7 Å². The van der Waals surface area contributed by atoms with Gasteiger partial charge in [-0.2, -0.15) is 27.0 Å². The van der Waals surface area contributed by atoms with Crippen LogP contribution in [0.3, 0.4) is 0 Å². The monoisotopic (exact) mass is 510 g/mol. The number of hydrogen-bond acceptors (Lipinski definition) is 6. The van der Waals surface area contributed by atoms with Gasteiger partial charge >= 0.3 is 0 Å². The summed E-state index contributed by atoms with van der Waals surface area (Å²) in [5, 5.41) is 8.99. The van der Waals surface area contributed by atoms with E-state index in [1.54, 1.807) is 48.5 Å². The third kappa shape index (κ3) is 2.83. The largest absolute Gasteiger partial charge is 0.276 e. The van der Waals surface area contributed by atoms with E-state index in [0.717, 1.165) is 29.0 Å². The molecule has 2 bridgehead atoms. The van der Waals surface area contributed by atoms with Gasteiger partial charge in [0.25, 0.3) is 20.0 Å². The van der Waals surface area contributed by atoms with E-state index in [0.29, 0.717) is 23.7 Å². The second-order valence-corrected chi connectivity index (χ2v) is 14.0. The molecule has 5 saturated carbocycles. The third-order valence-electron chi connectivity index (χ3n) is 9.12. The van der Waals surface area contributed by atoms with Crippen LogP contribution in [-0.4, -0.2) is 28.3 Å². The number of aryl methyl sites for hydroxylation is 2. The van der Waals surface area contributed by atoms with Gasteiger partial charge in [0.05, 0.1) is 9.79 Å². The van der Waals surface area contributed by atoms with Crippen molar-refractivity contribution < 1.29 is 16.8 Å². The number of benzene rings is 2. The molecule has 2 aromatic carbocycles. The molecular weight excluding hydrogens is 484 g/mol. The fourth-order valence-electron chi connectivity index (χ4n) is 7.93. The molecule has 0 heterocycles. The first-order chi connectivity index (χ1) is 16.7. The van der Waals surface area contributed by atoms with E-state index in [1.165, 1.54) is 0 Å². The highest BCUT2D eigenvalue weighted by atomic mass is 32.2. The van der Waals surface area contributed by atoms with Crippen molar-refractivity contribution in [1.29, 1.82) is 0 Å². The lowest BCUT2D eigenvalue weighted by molar-refractivity contribution is 0.0655. The molecule has 0 radical (unpaired) electrons. The van der Waals surface area contributed by atoms with Crippen molar-refractivity contribution in [2.45, 2.75) is 30.1 Å². The van der Waals surface area contributed by atoms with E-state index >= 15 is 0 Å². The Morgan fingerprint density at radius 2 is 1.00 bits per heavy atom. The van der Waals surface area contributed by atoms with Crippen LogP contribution in [0, 0.1) is 61.2 Å². The van der Waals surface area contributed by atoms with Crippen LogP contribution in [-0.2, 0) is 20.0 Å². The van der Waals surface area contributed by atoms with Gasteiger partial charge in [0.1, 0.15) is 0 Å². The van der Waals surface area contributed by atoms with E-state index in [1.807, 2.05) is 13.8 Å². The lowest BCUT2D eigenvalue weighted by atomic mass is 9.59. The summed E-state index contributed by atoms with van der Waals surface area (Å²) in [5.74, 6) is 2.65. The van der Waals surface area contributed by atoms with E-state index in [4.69, 9.17) is 0 Å². The number of hydrazone groups is 2. The average molecular weight is 511 g/mol. The second kappa shape index (κ2) is 6.94. The van der Waals surface area contributed by atoms with Crippen molar-refractivity contribution in [3.63, 3.8) is 0 Å². The molecule has 0 amide bonds. The maximum absolute atomic E-state index is 12.8. The first-order valence-electron chi connectivity index (χ1n) is 12.0. The summed E-state index contributed by atoms with van der Waals surface area (Å²) in [5.41, 5.74) is 3.87. The van der Waals surface area contributed by atoms with Gasteiger partial charge in [-0.1, -0.05) is 35.4 Å². The van der Waals surface area contributed by atoms with Crippen molar-refractivity contribution in [3.8, 4) is 0 Å². The van der Waals surface area contributed by atoms with Gasteiger partial charge in [0.15, 0.2) is 0 Å². The number of nitrogens with zero attached hydrogens (tertiary/aromatic N) is 2. The van der Waals surface area contributed by atoms with Crippen LogP contribution < -0.4 is 9.66 Å². The normalized spacial score (nSPS) is 37.9. The fourth-order valence-corrected chi connectivity index (χ4v) is 9.58. The summed E-state index contributed by atoms with van der Waals surface area (Å²) < 4.78 is 51.2. The molecule has 0 aromatic heterocycles. The molecule has 10 heteroatoms. The molecule has 0 spiro atoms. The molecule has 5 aliphatic carbocycles. The van der Waals surface area contributed by atoms with E-state index in [2.05, 4.69) is 19.9 Å². The summed E-state index contributed by atoms with van der Waals surface area (Å²) in [4.78, 5) is 5.37. The zero-order valence-electron chi connectivity index (χ0n) is 19.3. The minimum absolute atomic E-state index is 0.147. The SMILES string of the molecule is Cc1ccc(S(=O)(=O)N/N=C2/C3C4CC5C3/C(=N\NS(=O)(=O)c3ccc(C)cc3)C3C2C4C53)cc1. The molecule has 0 aliphatic heterocycles. The first kappa shape index (κ1) is 21.6. The molecule has 8 atom stereocenters. The Morgan fingerprint density at radius 3 is 1.37 bits per heavy atom. The number of nitrogens with one attached hydrogen (secondary N) is 2. The Labute approximate surface area is 205 Å². The summed E-state index contributed by atoms with van der Waals surface area (Å²) in [7, 11) is -7.48. The molecule has 2 N–H and O–H groups in total. The Balaban J connectivity index is 1.16. The van der Waals surface area contributed by atoms with Gasteiger partial charge in [-0.25, -0.2) is 9.66 Å². The van der Waals surface area contributed by atoms with Gasteiger partial charge in [0, 0.05) is 35.1 Å². The van der Waals surface area contributed by atoms with E-state index < -0.39 is 20.0 Å². The average Bonchev–Trinajstić information content (AvgIpc) is 3.36. The van der Waals surface area contributed by atoms with Crippen LogP contribution in [0.25, 0.3) is 0 Å². The van der Waals surface area contributed by atoms with Gasteiger partial charge in [-0.05, 0) is 68.2 Å². The Kier molecular flexibility index (Phi) is 4.27. The van der Waals surface area contributed by atoms with E-state index in [-0.39, 0.29) is 33.5 Å². The van der Waals surface area contributed by atoms with Crippen molar-refractivity contribution >= 4 is 31.5 Å². The van der Waals surface area contributed by atoms with E-state index in [9.17, 15) is 16.8 Å². The smallest absolute Gasteiger partial charge is 0.200 e. The van der Waals surface area contributed by atoms with Crippen molar-refractivity contribution in [1.82, 2.24) is 9.66 Å². The number of sulfonamides is 2. The van der Waals surface area contributed by atoms with Crippen LogP contribution in [0.5, 0.6) is 0 Å². The number of hydrogen-bond donors (Lipinski definition) is 2. The predicted molar refractivity (Wildman–Crippen MR) is 130 cm³/mol. The van der Waals surface area contributed by atoms with Gasteiger partial charge < -0.3 is 0 Å². The molecule has 7 rings (SSSR count). The molecule has 2 aromatic rings. The summed E-state index contributed by atoms with van der Waals surface area (Å²) in [6, 6.07) is 13.4. The maximum Gasteiger partial charge on any atom is 0.276 e. The van der Waals surface area contributed by atoms with Gasteiger partial charge in [-0.3, -0.25) is 0 Å². The highest BCUT2D eigenvalue weighted by Gasteiger charge is 2.82. The minimum Gasteiger partial charge on any atom is -0.200 e. The minimum atomic E-state index is -3.74. The zero-order chi connectivity index (χ0) is 24.3. The fraction of sp³-hybridized carbons (Fsp3) is 0.440. The second-order valence-electron chi connectivity index (χ2n) is 10.7. The highest BCUT2D eigenvalue weighted by molar-refractivity contribution is 7.89. The molecule has 5 aliphatic rings. The molecule has 0 saturated heterocycles. The van der Waals surface area contributed by atoms with Gasteiger partial charge in [-0.15, -0.1) is 0 Å². The lowest BCUT2D eigenvalue weighted by Gasteiger charge is -2.44. The Hall–Kier alpha value is -2.72. The maximum atomic E-state index is 12.8. The quantitative estimate of drug-likeness (QED) is 0.581. The summed E-state index contributed by atoms with van der Waals surface area (Å²) in [6.07, 6.45) is 1.10. The Morgan fingerprint density at radius 1 is 0.629 bits per heavy atom. The molecule has 8 nitrogen and oxygen atoms in total. The molecule has 35 heavy (non-hydrogen) atoms. The van der Waals surface area contributed by atoms with Crippen LogP contribution in [0.1, 0.15) is 17.5 Å². The summed E-state index contributed by atoms with van der Waals surface area (Å²) in [6.45, 7) is 3.82. The molecule has 182 valence electrons. The van der Waals surface area contributed by atoms with Gasteiger partial charge in [0.2, 0.25) is 0 Å². The standard InChI is InChI=1S/C25H26N4O4S2/c1-12-3-7-14(8-4-12)34(30,31)28-26-24-20-16-11-17-19-18(16)22(24)23(19)25(21(17)20)27-29-35(32,33)15-9-5-13(2)6-10-15/h3-10,16-23,28-29H,11H2,1-2H3/b26-24-,27-25+.